The lowest BCUT2D eigenvalue weighted by atomic mass is 10.3. The zero-order chi connectivity index (χ0) is 19.5. The molecule has 28 heavy (non-hydrogen) atoms. The average molecular weight is 405 g/mol. The number of hydrogen-bond acceptors (Lipinski definition) is 8. The van der Waals surface area contributed by atoms with E-state index in [1.54, 1.807) is 0 Å². The number of hydrogen-bond donors (Lipinski definition) is 0. The minimum atomic E-state index is 0.628. The standard InChI is InChI=1S/C20H40N2O6/c1-3-21-5-11-25-12-6-22(8-14-27-18-17-26-13-7-21)4-2-10-24-16-20-28-19-15-23-9-1/h1-20H2. The van der Waals surface area contributed by atoms with Crippen molar-refractivity contribution in [1.29, 1.82) is 0 Å². The molecule has 2 aliphatic rings. The van der Waals surface area contributed by atoms with Crippen molar-refractivity contribution in [2.75, 3.05) is 119 Å². The van der Waals surface area contributed by atoms with E-state index in [2.05, 4.69) is 9.80 Å². The highest BCUT2D eigenvalue weighted by Crippen LogP contribution is 1.98. The van der Waals surface area contributed by atoms with Crippen LogP contribution < -0.4 is 0 Å². The Morgan fingerprint density at radius 3 is 0.964 bits per heavy atom. The Morgan fingerprint density at radius 2 is 0.571 bits per heavy atom. The fourth-order valence-corrected chi connectivity index (χ4v) is 3.19. The van der Waals surface area contributed by atoms with Crippen molar-refractivity contribution in [1.82, 2.24) is 9.80 Å². The van der Waals surface area contributed by atoms with Crippen LogP contribution in [0.3, 0.4) is 0 Å². The molecule has 166 valence electrons. The molecule has 8 heteroatoms. The molecule has 0 N–H and O–H groups in total. The van der Waals surface area contributed by atoms with Crippen LogP contribution in [0.15, 0.2) is 0 Å². The molecular weight excluding hydrogens is 364 g/mol. The predicted molar refractivity (Wildman–Crippen MR) is 107 cm³/mol. The normalized spacial score (nSPS) is 30.0. The van der Waals surface area contributed by atoms with Gasteiger partial charge in [0.05, 0.1) is 66.1 Å². The van der Waals surface area contributed by atoms with E-state index in [0.717, 1.165) is 91.8 Å². The van der Waals surface area contributed by atoms with E-state index in [1.165, 1.54) is 0 Å². The molecule has 2 heterocycles. The summed E-state index contributed by atoms with van der Waals surface area (Å²) in [5.41, 5.74) is 0. The van der Waals surface area contributed by atoms with Crippen molar-refractivity contribution in [2.24, 2.45) is 0 Å². The molecule has 0 aromatic carbocycles. The van der Waals surface area contributed by atoms with Crippen LogP contribution in [0.2, 0.25) is 0 Å². The van der Waals surface area contributed by atoms with Gasteiger partial charge in [0.15, 0.2) is 0 Å². The van der Waals surface area contributed by atoms with Gasteiger partial charge in [-0.2, -0.15) is 0 Å². The lowest BCUT2D eigenvalue weighted by Crippen LogP contribution is -2.34. The summed E-state index contributed by atoms with van der Waals surface area (Å²) < 4.78 is 34.2. The van der Waals surface area contributed by atoms with Crippen LogP contribution in [0.4, 0.5) is 0 Å². The first-order chi connectivity index (χ1) is 13.9. The minimum absolute atomic E-state index is 0.628. The highest BCUT2D eigenvalue weighted by molar-refractivity contribution is 4.61. The van der Waals surface area contributed by atoms with Crippen LogP contribution in [0.25, 0.3) is 0 Å². The summed E-state index contributed by atoms with van der Waals surface area (Å²) in [6.45, 7) is 14.0. The zero-order valence-electron chi connectivity index (χ0n) is 17.5. The summed E-state index contributed by atoms with van der Waals surface area (Å²) in [6, 6.07) is 0. The third kappa shape index (κ3) is 13.0. The van der Waals surface area contributed by atoms with Crippen molar-refractivity contribution in [2.45, 2.75) is 12.8 Å². The first kappa shape index (κ1) is 24.0. The largest absolute Gasteiger partial charge is 0.379 e. The van der Waals surface area contributed by atoms with Crippen LogP contribution in [0.1, 0.15) is 12.8 Å². The van der Waals surface area contributed by atoms with Gasteiger partial charge in [0.1, 0.15) is 0 Å². The smallest absolute Gasteiger partial charge is 0.0701 e. The molecule has 0 radical (unpaired) electrons. The van der Waals surface area contributed by atoms with Gasteiger partial charge in [-0.15, -0.1) is 0 Å². The molecule has 0 aromatic heterocycles. The Bertz CT molecular complexity index is 321. The number of nitrogens with zero attached hydrogens (tertiary/aromatic N) is 2. The van der Waals surface area contributed by atoms with Gasteiger partial charge in [0, 0.05) is 52.5 Å². The van der Waals surface area contributed by atoms with Gasteiger partial charge in [-0.25, -0.2) is 0 Å². The highest BCUT2D eigenvalue weighted by Gasteiger charge is 2.09. The Balaban J connectivity index is 1.83. The van der Waals surface area contributed by atoms with Gasteiger partial charge in [0.25, 0.3) is 0 Å². The van der Waals surface area contributed by atoms with E-state index in [0.29, 0.717) is 39.6 Å². The van der Waals surface area contributed by atoms with E-state index in [-0.39, 0.29) is 0 Å². The lowest BCUT2D eigenvalue weighted by Gasteiger charge is -2.23. The molecule has 0 spiro atoms. The van der Waals surface area contributed by atoms with Crippen LogP contribution in [0.5, 0.6) is 0 Å². The average Bonchev–Trinajstić information content (AvgIpc) is 2.71. The second-order valence-electron chi connectivity index (χ2n) is 7.06. The molecule has 2 unspecified atom stereocenters. The molecule has 2 atom stereocenters. The predicted octanol–water partition coefficient (Wildman–Crippen LogP) is 0.497. The fraction of sp³-hybridized carbons (Fsp3) is 1.00. The van der Waals surface area contributed by atoms with E-state index >= 15 is 0 Å². The van der Waals surface area contributed by atoms with Crippen LogP contribution in [-0.4, -0.2) is 128 Å². The maximum absolute atomic E-state index is 5.91. The molecule has 2 saturated heterocycles. The summed E-state index contributed by atoms with van der Waals surface area (Å²) in [6.07, 6.45) is 2.00. The topological polar surface area (TPSA) is 61.9 Å². The van der Waals surface area contributed by atoms with Crippen molar-refractivity contribution < 1.29 is 28.4 Å². The molecule has 8 nitrogen and oxygen atoms in total. The van der Waals surface area contributed by atoms with Crippen molar-refractivity contribution >= 4 is 0 Å². The molecule has 0 amide bonds. The van der Waals surface area contributed by atoms with E-state index < -0.39 is 0 Å². The number of ether oxygens (including phenoxy) is 6. The third-order valence-electron chi connectivity index (χ3n) is 4.85. The zero-order valence-corrected chi connectivity index (χ0v) is 17.5. The minimum Gasteiger partial charge on any atom is -0.379 e. The van der Waals surface area contributed by atoms with E-state index in [9.17, 15) is 0 Å². The van der Waals surface area contributed by atoms with Gasteiger partial charge >= 0.3 is 0 Å². The summed E-state index contributed by atoms with van der Waals surface area (Å²) in [4.78, 5) is 4.79. The first-order valence-corrected chi connectivity index (χ1v) is 10.9. The van der Waals surface area contributed by atoms with Gasteiger partial charge in [-0.3, -0.25) is 9.80 Å². The molecular formula is C20H40N2O6. The molecule has 0 saturated carbocycles. The summed E-state index contributed by atoms with van der Waals surface area (Å²) in [5.74, 6) is 0. The van der Waals surface area contributed by atoms with Gasteiger partial charge in [0.2, 0.25) is 0 Å². The van der Waals surface area contributed by atoms with E-state index in [1.807, 2.05) is 0 Å². The Hall–Kier alpha value is -0.320. The van der Waals surface area contributed by atoms with Gasteiger partial charge < -0.3 is 28.4 Å². The van der Waals surface area contributed by atoms with Crippen molar-refractivity contribution in [3.63, 3.8) is 0 Å². The third-order valence-corrected chi connectivity index (χ3v) is 4.85. The van der Waals surface area contributed by atoms with Crippen molar-refractivity contribution in [3.8, 4) is 0 Å². The van der Waals surface area contributed by atoms with Crippen LogP contribution in [-0.2, 0) is 28.4 Å². The summed E-state index contributed by atoms with van der Waals surface area (Å²) >= 11 is 0. The quantitative estimate of drug-likeness (QED) is 0.541. The Morgan fingerprint density at radius 1 is 0.286 bits per heavy atom. The Kier molecular flexibility index (Phi) is 15.0. The first-order valence-electron chi connectivity index (χ1n) is 10.9. The summed E-state index contributed by atoms with van der Waals surface area (Å²) in [5, 5.41) is 0. The maximum Gasteiger partial charge on any atom is 0.0701 e. The SMILES string of the molecule is C1COCCOCCOCCCN2CCOCCOCCN(C1)CCOCC2. The lowest BCUT2D eigenvalue weighted by molar-refractivity contribution is 0.00894. The molecule has 2 aliphatic heterocycles. The van der Waals surface area contributed by atoms with E-state index in [4.69, 9.17) is 28.4 Å². The van der Waals surface area contributed by atoms with Crippen LogP contribution in [0, 0.1) is 0 Å². The molecule has 2 bridgehead atoms. The molecule has 2 fully saturated rings. The highest BCUT2D eigenvalue weighted by atomic mass is 16.5. The molecule has 0 aliphatic carbocycles. The second-order valence-corrected chi connectivity index (χ2v) is 7.06. The van der Waals surface area contributed by atoms with Crippen LogP contribution >= 0.6 is 0 Å². The molecule has 2 rings (SSSR count). The summed E-state index contributed by atoms with van der Waals surface area (Å²) in [7, 11) is 0. The molecule has 0 aromatic rings. The fourth-order valence-electron chi connectivity index (χ4n) is 3.19. The maximum atomic E-state index is 5.91. The second kappa shape index (κ2) is 17.5. The Labute approximate surface area is 170 Å². The van der Waals surface area contributed by atoms with Gasteiger partial charge in [-0.1, -0.05) is 0 Å². The van der Waals surface area contributed by atoms with Gasteiger partial charge in [-0.05, 0) is 12.8 Å². The number of fused-ring (bicyclic) bond motifs is 6. The van der Waals surface area contributed by atoms with Crippen molar-refractivity contribution in [3.05, 3.63) is 0 Å². The monoisotopic (exact) mass is 404 g/mol. The number of rotatable bonds is 0.